The second-order valence-electron chi connectivity index (χ2n) is 6.09. The molecule has 3 aromatic carbocycles. The van der Waals surface area contributed by atoms with E-state index in [4.69, 9.17) is 0 Å². The van der Waals surface area contributed by atoms with Gasteiger partial charge in [0.05, 0.1) is 16.9 Å². The Morgan fingerprint density at radius 2 is 1.75 bits per heavy atom. The highest BCUT2D eigenvalue weighted by atomic mass is 19.4. The summed E-state index contributed by atoms with van der Waals surface area (Å²) >= 11 is 0. The number of hydrogen-bond acceptors (Lipinski definition) is 3. The monoisotopic (exact) mass is 382 g/mol. The molecular formula is C20H13F3N4O. The number of carbonyl (C=O) groups is 1. The van der Waals surface area contributed by atoms with Crippen molar-refractivity contribution in [3.05, 3.63) is 84.4 Å². The maximum Gasteiger partial charge on any atom is 0.416 e. The fourth-order valence-corrected chi connectivity index (χ4v) is 2.87. The fourth-order valence-electron chi connectivity index (χ4n) is 2.87. The lowest BCUT2D eigenvalue weighted by atomic mass is 10.1. The molecule has 0 unspecified atom stereocenters. The molecule has 0 spiro atoms. The first-order valence-electron chi connectivity index (χ1n) is 8.28. The molecule has 4 aromatic rings. The summed E-state index contributed by atoms with van der Waals surface area (Å²) in [6.45, 7) is 0. The highest BCUT2D eigenvalue weighted by molar-refractivity contribution is 6.07. The number of nitrogens with zero attached hydrogens (tertiary/aromatic N) is 3. The second kappa shape index (κ2) is 6.80. The molecule has 0 saturated heterocycles. The van der Waals surface area contributed by atoms with Gasteiger partial charge in [0.15, 0.2) is 0 Å². The molecule has 0 fully saturated rings. The molecule has 1 amide bonds. The van der Waals surface area contributed by atoms with Crippen molar-refractivity contribution in [2.24, 2.45) is 0 Å². The number of amides is 1. The van der Waals surface area contributed by atoms with Crippen LogP contribution in [0.15, 0.2) is 73.3 Å². The normalized spacial score (nSPS) is 11.5. The van der Waals surface area contributed by atoms with E-state index >= 15 is 0 Å². The van der Waals surface area contributed by atoms with Crippen molar-refractivity contribution in [2.45, 2.75) is 6.18 Å². The summed E-state index contributed by atoms with van der Waals surface area (Å²) in [5, 5.41) is 8.31. The Morgan fingerprint density at radius 1 is 0.964 bits per heavy atom. The number of anilines is 1. The molecule has 4 rings (SSSR count). The quantitative estimate of drug-likeness (QED) is 0.559. The molecule has 140 valence electrons. The molecule has 1 aromatic heterocycles. The number of halogens is 3. The molecule has 8 heteroatoms. The van der Waals surface area contributed by atoms with Crippen molar-refractivity contribution in [2.75, 3.05) is 5.32 Å². The molecular weight excluding hydrogens is 369 g/mol. The Bertz CT molecular complexity index is 1150. The van der Waals surface area contributed by atoms with Gasteiger partial charge in [0.25, 0.3) is 5.91 Å². The molecule has 0 saturated carbocycles. The molecule has 0 atom stereocenters. The van der Waals surface area contributed by atoms with Gasteiger partial charge in [0, 0.05) is 5.56 Å². The lowest BCUT2D eigenvalue weighted by molar-refractivity contribution is -0.137. The van der Waals surface area contributed by atoms with Crippen LogP contribution < -0.4 is 5.32 Å². The van der Waals surface area contributed by atoms with Gasteiger partial charge in [-0.2, -0.15) is 18.3 Å². The zero-order chi connectivity index (χ0) is 19.7. The summed E-state index contributed by atoms with van der Waals surface area (Å²) in [6.07, 6.45) is -1.94. The molecule has 0 aliphatic heterocycles. The number of hydrogen-bond donors (Lipinski definition) is 1. The van der Waals surface area contributed by atoms with Crippen LogP contribution in [0, 0.1) is 0 Å². The molecule has 0 bridgehead atoms. The third-order valence-corrected chi connectivity index (χ3v) is 4.25. The van der Waals surface area contributed by atoms with Gasteiger partial charge in [-0.25, -0.2) is 9.67 Å². The van der Waals surface area contributed by atoms with Crippen LogP contribution in [-0.4, -0.2) is 20.7 Å². The first-order valence-corrected chi connectivity index (χ1v) is 8.28. The molecule has 1 N–H and O–H groups in total. The van der Waals surface area contributed by atoms with Crippen LogP contribution in [0.5, 0.6) is 0 Å². The van der Waals surface area contributed by atoms with E-state index in [2.05, 4.69) is 15.4 Å². The maximum absolute atomic E-state index is 13.1. The van der Waals surface area contributed by atoms with E-state index in [0.717, 1.165) is 22.9 Å². The van der Waals surface area contributed by atoms with Gasteiger partial charge in [-0.05, 0) is 41.1 Å². The topological polar surface area (TPSA) is 59.8 Å². The minimum absolute atomic E-state index is 0.0153. The van der Waals surface area contributed by atoms with Crippen molar-refractivity contribution < 1.29 is 18.0 Å². The number of rotatable bonds is 3. The third-order valence-electron chi connectivity index (χ3n) is 4.25. The zero-order valence-corrected chi connectivity index (χ0v) is 14.3. The predicted octanol–water partition coefficient (Wildman–Crippen LogP) is 4.69. The first-order chi connectivity index (χ1) is 13.4. The Kier molecular flexibility index (Phi) is 4.31. The second-order valence-corrected chi connectivity index (χ2v) is 6.09. The standard InChI is InChI=1S/C20H13F3N4O/c21-20(22,23)16-7-8-18(27-12-24-11-25-27)17(10-16)26-19(28)15-6-5-13-3-1-2-4-14(13)9-15/h1-12H,(H,26,28). The first kappa shape index (κ1) is 17.7. The molecule has 28 heavy (non-hydrogen) atoms. The number of alkyl halides is 3. The third kappa shape index (κ3) is 3.44. The van der Waals surface area contributed by atoms with Crippen molar-refractivity contribution >= 4 is 22.4 Å². The summed E-state index contributed by atoms with van der Waals surface area (Å²) < 4.78 is 40.7. The van der Waals surface area contributed by atoms with Crippen LogP contribution in [0.1, 0.15) is 15.9 Å². The number of aromatic nitrogens is 3. The lowest BCUT2D eigenvalue weighted by Crippen LogP contribution is -2.15. The Morgan fingerprint density at radius 3 is 2.46 bits per heavy atom. The summed E-state index contributed by atoms with van der Waals surface area (Å²) in [5.41, 5.74) is -0.274. The fraction of sp³-hybridized carbons (Fsp3) is 0.0500. The highest BCUT2D eigenvalue weighted by Crippen LogP contribution is 2.33. The van der Waals surface area contributed by atoms with E-state index in [0.29, 0.717) is 5.56 Å². The van der Waals surface area contributed by atoms with Crippen LogP contribution in [0.25, 0.3) is 16.5 Å². The number of benzene rings is 3. The predicted molar refractivity (Wildman–Crippen MR) is 98.3 cm³/mol. The number of fused-ring (bicyclic) bond motifs is 1. The van der Waals surface area contributed by atoms with E-state index in [1.165, 1.54) is 23.4 Å². The Hall–Kier alpha value is -3.68. The summed E-state index contributed by atoms with van der Waals surface area (Å²) in [7, 11) is 0. The van der Waals surface area contributed by atoms with Gasteiger partial charge in [0.2, 0.25) is 0 Å². The van der Waals surface area contributed by atoms with Gasteiger partial charge in [0.1, 0.15) is 12.7 Å². The lowest BCUT2D eigenvalue weighted by Gasteiger charge is -2.14. The van der Waals surface area contributed by atoms with E-state index in [-0.39, 0.29) is 11.4 Å². The highest BCUT2D eigenvalue weighted by Gasteiger charge is 2.31. The van der Waals surface area contributed by atoms with Crippen LogP contribution in [0.3, 0.4) is 0 Å². The summed E-state index contributed by atoms with van der Waals surface area (Å²) in [4.78, 5) is 16.5. The average molecular weight is 382 g/mol. The number of carbonyl (C=O) groups excluding carboxylic acids is 1. The Balaban J connectivity index is 1.73. The molecule has 5 nitrogen and oxygen atoms in total. The largest absolute Gasteiger partial charge is 0.416 e. The minimum atomic E-state index is -4.54. The van der Waals surface area contributed by atoms with E-state index in [1.54, 1.807) is 18.2 Å². The van der Waals surface area contributed by atoms with Crippen LogP contribution >= 0.6 is 0 Å². The maximum atomic E-state index is 13.1. The van der Waals surface area contributed by atoms with E-state index in [1.807, 2.05) is 24.3 Å². The SMILES string of the molecule is O=C(Nc1cc(C(F)(F)F)ccc1-n1cncn1)c1ccc2ccccc2c1. The molecule has 0 aliphatic rings. The van der Waals surface area contributed by atoms with Gasteiger partial charge in [-0.3, -0.25) is 4.79 Å². The number of nitrogens with one attached hydrogen (secondary N) is 1. The summed E-state index contributed by atoms with van der Waals surface area (Å²) in [6, 6.07) is 15.7. The van der Waals surface area contributed by atoms with Crippen molar-refractivity contribution in [3.8, 4) is 5.69 Å². The van der Waals surface area contributed by atoms with Gasteiger partial charge < -0.3 is 5.32 Å². The van der Waals surface area contributed by atoms with Crippen molar-refractivity contribution in [3.63, 3.8) is 0 Å². The van der Waals surface area contributed by atoms with Gasteiger partial charge in [-0.1, -0.05) is 30.3 Å². The van der Waals surface area contributed by atoms with Gasteiger partial charge >= 0.3 is 6.18 Å². The smallest absolute Gasteiger partial charge is 0.320 e. The Labute approximate surface area is 157 Å². The molecule has 0 aliphatic carbocycles. The summed E-state index contributed by atoms with van der Waals surface area (Å²) in [5.74, 6) is -0.522. The molecule has 1 heterocycles. The van der Waals surface area contributed by atoms with E-state index in [9.17, 15) is 18.0 Å². The minimum Gasteiger partial charge on any atom is -0.320 e. The van der Waals surface area contributed by atoms with Crippen molar-refractivity contribution in [1.82, 2.24) is 14.8 Å². The van der Waals surface area contributed by atoms with E-state index < -0.39 is 17.6 Å². The molecule has 0 radical (unpaired) electrons. The average Bonchev–Trinajstić information content (AvgIpc) is 3.21. The van der Waals surface area contributed by atoms with Gasteiger partial charge in [-0.15, -0.1) is 0 Å². The van der Waals surface area contributed by atoms with Crippen LogP contribution in [0.4, 0.5) is 18.9 Å². The van der Waals surface area contributed by atoms with Crippen LogP contribution in [-0.2, 0) is 6.18 Å². The zero-order valence-electron chi connectivity index (χ0n) is 14.3. The van der Waals surface area contributed by atoms with Crippen LogP contribution in [0.2, 0.25) is 0 Å². The van der Waals surface area contributed by atoms with Crippen molar-refractivity contribution in [1.29, 1.82) is 0 Å².